The lowest BCUT2D eigenvalue weighted by atomic mass is 9.91. The molecule has 0 saturated carbocycles. The van der Waals surface area contributed by atoms with E-state index in [1.807, 2.05) is 13.0 Å². The molecule has 0 aliphatic carbocycles. The van der Waals surface area contributed by atoms with E-state index in [2.05, 4.69) is 10.3 Å². The fourth-order valence-electron chi connectivity index (χ4n) is 5.33. The number of aryl methyl sites for hydroxylation is 1. The van der Waals surface area contributed by atoms with Crippen LogP contribution in [0.25, 0.3) is 16.7 Å². The molecule has 1 N–H and O–H groups in total. The second-order valence-electron chi connectivity index (χ2n) is 10.0. The number of amides is 2. The average molecular weight is 536 g/mol. The molecule has 2 bridgehead atoms. The molecule has 196 valence electrons. The maximum absolute atomic E-state index is 14.9. The van der Waals surface area contributed by atoms with Crippen LogP contribution in [0.2, 0.25) is 5.02 Å². The van der Waals surface area contributed by atoms with E-state index in [9.17, 15) is 18.4 Å². The zero-order chi connectivity index (χ0) is 27.0. The lowest BCUT2D eigenvalue weighted by molar-refractivity contribution is -0.129. The van der Waals surface area contributed by atoms with E-state index >= 15 is 0 Å². The lowest BCUT2D eigenvalue weighted by Gasteiger charge is -2.35. The number of nitrogens with zero attached hydrogens (tertiary/aromatic N) is 2. The number of fused-ring (bicyclic) bond motifs is 4. The highest BCUT2D eigenvalue weighted by molar-refractivity contribution is 6.31. The van der Waals surface area contributed by atoms with Gasteiger partial charge in [-0.3, -0.25) is 14.6 Å². The van der Waals surface area contributed by atoms with Gasteiger partial charge in [-0.05, 0) is 79.3 Å². The molecule has 5 rings (SSSR count). The Morgan fingerprint density at radius 3 is 2.68 bits per heavy atom. The van der Waals surface area contributed by atoms with E-state index in [1.165, 1.54) is 24.3 Å². The molecule has 5 nitrogen and oxygen atoms in total. The summed E-state index contributed by atoms with van der Waals surface area (Å²) in [6.07, 6.45) is 5.52. The van der Waals surface area contributed by atoms with E-state index in [4.69, 9.17) is 11.6 Å². The topological polar surface area (TPSA) is 62.3 Å². The van der Waals surface area contributed by atoms with Gasteiger partial charge in [0.15, 0.2) is 0 Å². The van der Waals surface area contributed by atoms with Gasteiger partial charge in [-0.15, -0.1) is 0 Å². The highest BCUT2D eigenvalue weighted by Crippen LogP contribution is 2.37. The van der Waals surface area contributed by atoms with Crippen molar-refractivity contribution in [2.45, 2.75) is 45.6 Å². The van der Waals surface area contributed by atoms with Crippen LogP contribution in [0.4, 0.5) is 14.5 Å². The molecule has 3 heterocycles. The molecule has 0 unspecified atom stereocenters. The Morgan fingerprint density at radius 1 is 1.08 bits per heavy atom. The number of pyridine rings is 1. The minimum atomic E-state index is -0.516. The third-order valence-corrected chi connectivity index (χ3v) is 7.73. The normalized spacial score (nSPS) is 20.1. The number of anilines is 1. The summed E-state index contributed by atoms with van der Waals surface area (Å²) < 4.78 is 29.1. The molecular formula is C30H28ClF2N3O2. The van der Waals surface area contributed by atoms with Crippen molar-refractivity contribution in [3.63, 3.8) is 0 Å². The van der Waals surface area contributed by atoms with Crippen LogP contribution < -0.4 is 5.32 Å². The number of aromatic nitrogens is 1. The third kappa shape index (κ3) is 5.07. The summed E-state index contributed by atoms with van der Waals surface area (Å²) >= 11 is 6.03. The Bertz CT molecular complexity index is 1460. The number of halogens is 3. The number of hydrogen-bond acceptors (Lipinski definition) is 3. The van der Waals surface area contributed by atoms with E-state index in [-0.39, 0.29) is 28.8 Å². The number of carbonyl (C=O) groups excluding carboxylic acids is 2. The Labute approximate surface area is 225 Å². The number of nitrogens with one attached hydrogen (secondary N) is 1. The summed E-state index contributed by atoms with van der Waals surface area (Å²) in [6.45, 7) is 4.04. The molecule has 0 saturated heterocycles. The van der Waals surface area contributed by atoms with Gasteiger partial charge < -0.3 is 10.2 Å². The Balaban J connectivity index is 1.54. The number of benzene rings is 2. The lowest BCUT2D eigenvalue weighted by Crippen LogP contribution is -2.38. The standard InChI is InChI=1S/C30H28ClF2N3O2/c1-17-6-8-23(31)29(33)28(17)20-11-13-36(27(37)15-20)26-5-3-4-18(2)30(38)35-24-9-7-21(32)16-22(24)19-10-12-34-25(26)14-19/h6-10,12,14-16,18,26H,3-5,11,13H2,1-2H3,(H,35,38)/t18-,26+/m1/s1. The molecule has 0 spiro atoms. The zero-order valence-electron chi connectivity index (χ0n) is 21.2. The van der Waals surface area contributed by atoms with Crippen LogP contribution in [0, 0.1) is 24.5 Å². The van der Waals surface area contributed by atoms with Crippen LogP contribution in [0.5, 0.6) is 0 Å². The monoisotopic (exact) mass is 535 g/mol. The van der Waals surface area contributed by atoms with Crippen LogP contribution in [-0.4, -0.2) is 28.2 Å². The molecule has 2 aromatic carbocycles. The fraction of sp³-hybridized carbons (Fsp3) is 0.300. The Morgan fingerprint density at radius 2 is 1.89 bits per heavy atom. The van der Waals surface area contributed by atoms with Gasteiger partial charge in [-0.2, -0.15) is 0 Å². The molecular weight excluding hydrogens is 508 g/mol. The first-order valence-corrected chi connectivity index (χ1v) is 13.1. The summed E-state index contributed by atoms with van der Waals surface area (Å²) in [4.78, 5) is 32.7. The third-order valence-electron chi connectivity index (χ3n) is 7.44. The largest absolute Gasteiger partial charge is 0.330 e. The molecule has 2 amide bonds. The predicted octanol–water partition coefficient (Wildman–Crippen LogP) is 7.10. The Hall–Kier alpha value is -3.58. The van der Waals surface area contributed by atoms with Gasteiger partial charge in [0.1, 0.15) is 11.6 Å². The van der Waals surface area contributed by atoms with Crippen LogP contribution in [-0.2, 0) is 9.59 Å². The second-order valence-corrected chi connectivity index (χ2v) is 10.4. The van der Waals surface area contributed by atoms with Crippen LogP contribution in [0.1, 0.15) is 55.5 Å². The maximum Gasteiger partial charge on any atom is 0.247 e. The molecule has 2 aliphatic heterocycles. The number of carbonyl (C=O) groups is 2. The van der Waals surface area contributed by atoms with Crippen molar-refractivity contribution >= 4 is 34.7 Å². The molecule has 0 fully saturated rings. The van der Waals surface area contributed by atoms with Gasteiger partial charge in [-0.1, -0.05) is 31.0 Å². The van der Waals surface area contributed by atoms with E-state index < -0.39 is 11.6 Å². The van der Waals surface area contributed by atoms with Crippen LogP contribution in [0.15, 0.2) is 54.7 Å². The fourth-order valence-corrected chi connectivity index (χ4v) is 5.49. The van der Waals surface area contributed by atoms with Crippen LogP contribution >= 0.6 is 11.6 Å². The van der Waals surface area contributed by atoms with Crippen molar-refractivity contribution in [3.05, 3.63) is 88.2 Å². The molecule has 2 aliphatic rings. The first kappa shape index (κ1) is 26.0. The van der Waals surface area contributed by atoms with Gasteiger partial charge in [0.2, 0.25) is 11.8 Å². The van der Waals surface area contributed by atoms with E-state index in [0.29, 0.717) is 65.9 Å². The van der Waals surface area contributed by atoms with Crippen molar-refractivity contribution in [2.24, 2.45) is 5.92 Å². The molecule has 3 aromatic rings. The van der Waals surface area contributed by atoms with Crippen LogP contribution in [0.3, 0.4) is 0 Å². The highest BCUT2D eigenvalue weighted by Gasteiger charge is 2.31. The smallest absolute Gasteiger partial charge is 0.247 e. The molecule has 8 heteroatoms. The summed E-state index contributed by atoms with van der Waals surface area (Å²) in [5.74, 6) is -1.56. The quantitative estimate of drug-likeness (QED) is 0.380. The minimum Gasteiger partial charge on any atom is -0.330 e. The molecule has 38 heavy (non-hydrogen) atoms. The van der Waals surface area contributed by atoms with E-state index in [0.717, 1.165) is 5.56 Å². The Kier molecular flexibility index (Phi) is 7.30. The maximum atomic E-state index is 14.9. The van der Waals surface area contributed by atoms with Gasteiger partial charge >= 0.3 is 0 Å². The summed E-state index contributed by atoms with van der Waals surface area (Å²) in [6, 6.07) is 10.8. The second kappa shape index (κ2) is 10.7. The highest BCUT2D eigenvalue weighted by atomic mass is 35.5. The average Bonchev–Trinajstić information content (AvgIpc) is 2.90. The summed E-state index contributed by atoms with van der Waals surface area (Å²) in [5, 5.41) is 2.97. The number of rotatable bonds is 2. The van der Waals surface area contributed by atoms with Crippen molar-refractivity contribution < 1.29 is 18.4 Å². The number of hydrogen-bond donors (Lipinski definition) is 1. The molecule has 0 radical (unpaired) electrons. The molecule has 2 atom stereocenters. The van der Waals surface area contributed by atoms with Gasteiger partial charge in [0.25, 0.3) is 0 Å². The zero-order valence-corrected chi connectivity index (χ0v) is 22.0. The van der Waals surface area contributed by atoms with E-state index in [1.54, 1.807) is 36.2 Å². The first-order chi connectivity index (χ1) is 18.2. The predicted molar refractivity (Wildman–Crippen MR) is 144 cm³/mol. The van der Waals surface area contributed by atoms with Crippen molar-refractivity contribution in [3.8, 4) is 11.1 Å². The molecule has 1 aromatic heterocycles. The SMILES string of the molecule is Cc1ccc(Cl)c(F)c1C1=CC(=O)N([C@H]2CCC[C@@H](C)C(=O)Nc3ccc(F)cc3-c3ccnc2c3)CC1. The van der Waals surface area contributed by atoms with Gasteiger partial charge in [0, 0.05) is 41.5 Å². The van der Waals surface area contributed by atoms with Crippen molar-refractivity contribution in [2.75, 3.05) is 11.9 Å². The van der Waals surface area contributed by atoms with Gasteiger partial charge in [-0.25, -0.2) is 8.78 Å². The summed E-state index contributed by atoms with van der Waals surface area (Å²) in [7, 11) is 0. The van der Waals surface area contributed by atoms with Crippen molar-refractivity contribution in [1.29, 1.82) is 0 Å². The van der Waals surface area contributed by atoms with Gasteiger partial charge in [0.05, 0.1) is 16.8 Å². The van der Waals surface area contributed by atoms with Crippen molar-refractivity contribution in [1.82, 2.24) is 9.88 Å². The summed E-state index contributed by atoms with van der Waals surface area (Å²) in [5.41, 5.74) is 4.17. The minimum absolute atomic E-state index is 0.0246. The first-order valence-electron chi connectivity index (χ1n) is 12.8.